The summed E-state index contributed by atoms with van der Waals surface area (Å²) in [7, 11) is 7.21. The van der Waals surface area contributed by atoms with Gasteiger partial charge in [-0.25, -0.2) is 0 Å². The van der Waals surface area contributed by atoms with E-state index in [4.69, 9.17) is 0 Å². The molecule has 2 amide bonds. The van der Waals surface area contributed by atoms with Gasteiger partial charge in [0.2, 0.25) is 11.8 Å². The second kappa shape index (κ2) is 7.65. The van der Waals surface area contributed by atoms with E-state index >= 15 is 0 Å². The van der Waals surface area contributed by atoms with E-state index in [1.807, 2.05) is 43.3 Å². The minimum absolute atomic E-state index is 0.0365. The Labute approximate surface area is 120 Å². The molecule has 0 aliphatic heterocycles. The van der Waals surface area contributed by atoms with E-state index in [0.29, 0.717) is 19.4 Å². The predicted octanol–water partition coefficient (Wildman–Crippen LogP) is 1.21. The Morgan fingerprint density at radius 2 is 1.65 bits per heavy atom. The van der Waals surface area contributed by atoms with Crippen molar-refractivity contribution in [2.75, 3.05) is 40.1 Å². The van der Waals surface area contributed by atoms with Crippen LogP contribution >= 0.6 is 0 Å². The van der Waals surface area contributed by atoms with Crippen LogP contribution in [0.25, 0.3) is 0 Å². The number of anilines is 1. The van der Waals surface area contributed by atoms with Gasteiger partial charge in [0, 0.05) is 26.2 Å². The summed E-state index contributed by atoms with van der Waals surface area (Å²) in [4.78, 5) is 26.5. The molecular weight excluding hydrogens is 254 g/mol. The number of amides is 2. The monoisotopic (exact) mass is 277 g/mol. The van der Waals surface area contributed by atoms with Crippen LogP contribution in [0.4, 0.5) is 5.69 Å². The SMILES string of the molecule is CN(C)CC(=O)Nc1ccc(CCC(=O)N(C)C)cc1. The highest BCUT2D eigenvalue weighted by atomic mass is 16.2. The van der Waals surface area contributed by atoms with Gasteiger partial charge in [0.15, 0.2) is 0 Å². The molecule has 0 aromatic heterocycles. The molecule has 20 heavy (non-hydrogen) atoms. The molecule has 0 bridgehead atoms. The van der Waals surface area contributed by atoms with Gasteiger partial charge in [-0.1, -0.05) is 12.1 Å². The second-order valence-electron chi connectivity index (χ2n) is 5.27. The molecule has 0 saturated heterocycles. The van der Waals surface area contributed by atoms with E-state index in [1.165, 1.54) is 0 Å². The maximum atomic E-state index is 11.6. The van der Waals surface area contributed by atoms with Crippen molar-refractivity contribution < 1.29 is 9.59 Å². The summed E-state index contributed by atoms with van der Waals surface area (Å²) in [6, 6.07) is 7.61. The third kappa shape index (κ3) is 5.84. The molecule has 110 valence electrons. The Morgan fingerprint density at radius 1 is 1.05 bits per heavy atom. The summed E-state index contributed by atoms with van der Waals surface area (Å²) in [6.45, 7) is 0.360. The maximum Gasteiger partial charge on any atom is 0.238 e. The number of nitrogens with one attached hydrogen (secondary N) is 1. The Bertz CT molecular complexity index is 453. The van der Waals surface area contributed by atoms with Crippen LogP contribution < -0.4 is 5.32 Å². The molecule has 1 aromatic carbocycles. The van der Waals surface area contributed by atoms with Crippen LogP contribution in [0.15, 0.2) is 24.3 Å². The molecule has 5 heteroatoms. The number of rotatable bonds is 6. The van der Waals surface area contributed by atoms with Crippen LogP contribution in [0.3, 0.4) is 0 Å². The van der Waals surface area contributed by atoms with Crippen LogP contribution in [0.2, 0.25) is 0 Å². The minimum atomic E-state index is -0.0365. The van der Waals surface area contributed by atoms with E-state index in [-0.39, 0.29) is 11.8 Å². The van der Waals surface area contributed by atoms with Crippen molar-refractivity contribution in [3.8, 4) is 0 Å². The van der Waals surface area contributed by atoms with Gasteiger partial charge >= 0.3 is 0 Å². The van der Waals surface area contributed by atoms with Crippen molar-refractivity contribution in [2.45, 2.75) is 12.8 Å². The quantitative estimate of drug-likeness (QED) is 0.850. The normalized spacial score (nSPS) is 10.4. The average Bonchev–Trinajstić information content (AvgIpc) is 2.36. The van der Waals surface area contributed by atoms with Gasteiger partial charge in [0.05, 0.1) is 6.54 Å². The molecule has 0 atom stereocenters. The zero-order valence-electron chi connectivity index (χ0n) is 12.6. The lowest BCUT2D eigenvalue weighted by Crippen LogP contribution is -2.27. The Hall–Kier alpha value is -1.88. The Morgan fingerprint density at radius 3 is 2.15 bits per heavy atom. The molecule has 0 spiro atoms. The molecule has 5 nitrogen and oxygen atoms in total. The number of hydrogen-bond acceptors (Lipinski definition) is 3. The summed E-state index contributed by atoms with van der Waals surface area (Å²) in [5.41, 5.74) is 1.87. The van der Waals surface area contributed by atoms with E-state index in [1.54, 1.807) is 19.0 Å². The number of aryl methyl sites for hydroxylation is 1. The topological polar surface area (TPSA) is 52.7 Å². The minimum Gasteiger partial charge on any atom is -0.349 e. The number of hydrogen-bond donors (Lipinski definition) is 1. The molecule has 1 N–H and O–H groups in total. The van der Waals surface area contributed by atoms with E-state index in [9.17, 15) is 9.59 Å². The van der Waals surface area contributed by atoms with E-state index in [2.05, 4.69) is 5.32 Å². The first-order valence-electron chi connectivity index (χ1n) is 6.62. The van der Waals surface area contributed by atoms with Gasteiger partial charge in [-0.05, 0) is 38.2 Å². The highest BCUT2D eigenvalue weighted by Gasteiger charge is 2.06. The van der Waals surface area contributed by atoms with Crippen molar-refractivity contribution in [1.29, 1.82) is 0 Å². The molecule has 0 radical (unpaired) electrons. The predicted molar refractivity (Wildman–Crippen MR) is 80.6 cm³/mol. The summed E-state index contributed by atoms with van der Waals surface area (Å²) in [5.74, 6) is 0.0823. The highest BCUT2D eigenvalue weighted by molar-refractivity contribution is 5.92. The molecule has 0 aliphatic rings. The molecule has 0 unspecified atom stereocenters. The molecule has 1 aromatic rings. The first kappa shape index (κ1) is 16.2. The Kier molecular flexibility index (Phi) is 6.18. The van der Waals surface area contributed by atoms with Crippen LogP contribution in [0, 0.1) is 0 Å². The summed E-state index contributed by atoms with van der Waals surface area (Å²) in [6.07, 6.45) is 1.21. The molecule has 1 rings (SSSR count). The maximum absolute atomic E-state index is 11.6. The lowest BCUT2D eigenvalue weighted by molar-refractivity contribution is -0.128. The van der Waals surface area contributed by atoms with Crippen molar-refractivity contribution in [3.05, 3.63) is 29.8 Å². The summed E-state index contributed by atoms with van der Waals surface area (Å²) >= 11 is 0. The first-order valence-corrected chi connectivity index (χ1v) is 6.62. The fourth-order valence-corrected chi connectivity index (χ4v) is 1.72. The third-order valence-electron chi connectivity index (χ3n) is 2.82. The van der Waals surface area contributed by atoms with Gasteiger partial charge < -0.3 is 15.1 Å². The van der Waals surface area contributed by atoms with Gasteiger partial charge in [-0.3, -0.25) is 9.59 Å². The standard InChI is InChI=1S/C15H23N3O2/c1-17(2)11-14(19)16-13-8-5-12(6-9-13)7-10-15(20)18(3)4/h5-6,8-9H,7,10-11H2,1-4H3,(H,16,19). The summed E-state index contributed by atoms with van der Waals surface area (Å²) in [5, 5.41) is 2.83. The van der Waals surface area contributed by atoms with Gasteiger partial charge in [-0.15, -0.1) is 0 Å². The van der Waals surface area contributed by atoms with Crippen LogP contribution in [0.1, 0.15) is 12.0 Å². The molecule has 0 fully saturated rings. The zero-order chi connectivity index (χ0) is 15.1. The van der Waals surface area contributed by atoms with Crippen molar-refractivity contribution in [2.24, 2.45) is 0 Å². The summed E-state index contributed by atoms with van der Waals surface area (Å²) < 4.78 is 0. The molecule has 0 saturated carbocycles. The smallest absolute Gasteiger partial charge is 0.238 e. The fourth-order valence-electron chi connectivity index (χ4n) is 1.72. The number of carbonyl (C=O) groups is 2. The first-order chi connectivity index (χ1) is 9.38. The van der Waals surface area contributed by atoms with Crippen molar-refractivity contribution in [3.63, 3.8) is 0 Å². The number of benzene rings is 1. The third-order valence-corrected chi connectivity index (χ3v) is 2.82. The van der Waals surface area contributed by atoms with Gasteiger partial charge in [0.25, 0.3) is 0 Å². The molecular formula is C15H23N3O2. The number of nitrogens with zero attached hydrogens (tertiary/aromatic N) is 2. The van der Waals surface area contributed by atoms with Crippen LogP contribution in [0.5, 0.6) is 0 Å². The van der Waals surface area contributed by atoms with Crippen LogP contribution in [-0.4, -0.2) is 56.3 Å². The van der Waals surface area contributed by atoms with Gasteiger partial charge in [0.1, 0.15) is 0 Å². The Balaban J connectivity index is 2.48. The zero-order valence-corrected chi connectivity index (χ0v) is 12.6. The van der Waals surface area contributed by atoms with Crippen molar-refractivity contribution >= 4 is 17.5 Å². The highest BCUT2D eigenvalue weighted by Crippen LogP contribution is 2.11. The molecule has 0 aliphatic carbocycles. The van der Waals surface area contributed by atoms with E-state index < -0.39 is 0 Å². The van der Waals surface area contributed by atoms with Crippen molar-refractivity contribution in [1.82, 2.24) is 9.80 Å². The fraction of sp³-hybridized carbons (Fsp3) is 0.467. The lowest BCUT2D eigenvalue weighted by atomic mass is 10.1. The second-order valence-corrected chi connectivity index (χ2v) is 5.27. The number of likely N-dealkylation sites (N-methyl/N-ethyl adjacent to an activating group) is 1. The van der Waals surface area contributed by atoms with Gasteiger partial charge in [-0.2, -0.15) is 0 Å². The lowest BCUT2D eigenvalue weighted by Gasteiger charge is -2.11. The average molecular weight is 277 g/mol. The number of carbonyl (C=O) groups excluding carboxylic acids is 2. The molecule has 0 heterocycles. The largest absolute Gasteiger partial charge is 0.349 e. The van der Waals surface area contributed by atoms with E-state index in [0.717, 1.165) is 11.3 Å². The van der Waals surface area contributed by atoms with Crippen LogP contribution in [-0.2, 0) is 16.0 Å².